The van der Waals surface area contributed by atoms with Crippen molar-refractivity contribution in [3.05, 3.63) is 71.8 Å². The van der Waals surface area contributed by atoms with Crippen molar-refractivity contribution in [1.29, 1.82) is 0 Å². The van der Waals surface area contributed by atoms with Crippen molar-refractivity contribution in [2.45, 2.75) is 32.1 Å². The first-order chi connectivity index (χ1) is 11.3. The highest BCUT2D eigenvalue weighted by atomic mass is 16.2. The van der Waals surface area contributed by atoms with Crippen LogP contribution in [0, 0.1) is 11.8 Å². The van der Waals surface area contributed by atoms with Gasteiger partial charge >= 0.3 is 0 Å². The van der Waals surface area contributed by atoms with Crippen molar-refractivity contribution in [2.24, 2.45) is 11.8 Å². The van der Waals surface area contributed by atoms with Crippen LogP contribution in [-0.2, 0) is 0 Å². The molecule has 1 saturated carbocycles. The summed E-state index contributed by atoms with van der Waals surface area (Å²) in [6.45, 7) is 0. The van der Waals surface area contributed by atoms with E-state index in [1.54, 1.807) is 0 Å². The largest absolute Gasteiger partial charge is 0.293 e. The van der Waals surface area contributed by atoms with Gasteiger partial charge in [0.1, 0.15) is 0 Å². The van der Waals surface area contributed by atoms with Gasteiger partial charge in [-0.1, -0.05) is 79.9 Å². The third-order valence-electron chi connectivity index (χ3n) is 4.80. The molecule has 0 aliphatic heterocycles. The molecule has 2 aromatic rings. The minimum Gasteiger partial charge on any atom is -0.293 e. The molecule has 2 heteroatoms. The highest BCUT2D eigenvalue weighted by molar-refractivity contribution is 6.16. The van der Waals surface area contributed by atoms with Crippen LogP contribution in [0.3, 0.4) is 0 Å². The van der Waals surface area contributed by atoms with E-state index in [9.17, 15) is 9.59 Å². The number of carbonyl (C=O) groups excluding carboxylic acids is 2. The summed E-state index contributed by atoms with van der Waals surface area (Å²) in [4.78, 5) is 26.1. The highest BCUT2D eigenvalue weighted by Crippen LogP contribution is 2.34. The monoisotopic (exact) mass is 306 g/mol. The van der Waals surface area contributed by atoms with Crippen molar-refractivity contribution >= 4 is 11.6 Å². The first-order valence-electron chi connectivity index (χ1n) is 8.46. The van der Waals surface area contributed by atoms with Crippen molar-refractivity contribution in [2.75, 3.05) is 0 Å². The second-order valence-corrected chi connectivity index (χ2v) is 6.34. The van der Waals surface area contributed by atoms with Gasteiger partial charge in [0.05, 0.1) is 5.92 Å². The molecular weight excluding hydrogens is 284 g/mol. The first kappa shape index (κ1) is 15.7. The Morgan fingerprint density at radius 1 is 0.696 bits per heavy atom. The summed E-state index contributed by atoms with van der Waals surface area (Å²) in [6.07, 6.45) is 5.39. The van der Waals surface area contributed by atoms with Gasteiger partial charge in [0.25, 0.3) is 0 Å². The van der Waals surface area contributed by atoms with Crippen LogP contribution in [0.1, 0.15) is 52.8 Å². The van der Waals surface area contributed by atoms with Gasteiger partial charge in [-0.05, 0) is 18.8 Å². The van der Waals surface area contributed by atoms with Gasteiger partial charge in [0, 0.05) is 11.1 Å². The van der Waals surface area contributed by atoms with Crippen molar-refractivity contribution < 1.29 is 9.59 Å². The molecule has 0 aromatic heterocycles. The summed E-state index contributed by atoms with van der Waals surface area (Å²) in [6, 6.07) is 18.5. The smallest absolute Gasteiger partial charge is 0.173 e. The average molecular weight is 306 g/mol. The molecule has 0 heterocycles. The zero-order chi connectivity index (χ0) is 16.1. The second-order valence-electron chi connectivity index (χ2n) is 6.34. The molecule has 0 unspecified atom stereocenters. The van der Waals surface area contributed by atoms with Crippen molar-refractivity contribution in [3.8, 4) is 0 Å². The molecule has 1 aliphatic rings. The Hall–Kier alpha value is -2.22. The van der Waals surface area contributed by atoms with Crippen LogP contribution in [0.2, 0.25) is 0 Å². The molecule has 0 bridgehead atoms. The number of carbonyl (C=O) groups is 2. The minimum atomic E-state index is -0.542. The Morgan fingerprint density at radius 3 is 1.57 bits per heavy atom. The summed E-state index contributed by atoms with van der Waals surface area (Å²) in [5.74, 6) is -0.415. The molecule has 0 N–H and O–H groups in total. The fourth-order valence-corrected chi connectivity index (χ4v) is 3.58. The molecule has 2 aromatic carbocycles. The summed E-state index contributed by atoms with van der Waals surface area (Å²) in [5.41, 5.74) is 1.29. The maximum absolute atomic E-state index is 13.0. The summed E-state index contributed by atoms with van der Waals surface area (Å²) in [5, 5.41) is 0. The second kappa shape index (κ2) is 7.36. The van der Waals surface area contributed by atoms with E-state index >= 15 is 0 Å². The zero-order valence-corrected chi connectivity index (χ0v) is 13.3. The molecule has 0 amide bonds. The maximum atomic E-state index is 13.0. The lowest BCUT2D eigenvalue weighted by molar-refractivity contribution is 0.0723. The third-order valence-corrected chi connectivity index (χ3v) is 4.80. The average Bonchev–Trinajstić information content (AvgIpc) is 2.64. The Bertz CT molecular complexity index is 603. The maximum Gasteiger partial charge on any atom is 0.173 e. The van der Waals surface area contributed by atoms with E-state index in [1.165, 1.54) is 6.42 Å². The topological polar surface area (TPSA) is 34.1 Å². The summed E-state index contributed by atoms with van der Waals surface area (Å²) >= 11 is 0. The third kappa shape index (κ3) is 3.58. The molecule has 23 heavy (non-hydrogen) atoms. The van der Waals surface area contributed by atoms with E-state index < -0.39 is 5.92 Å². The Balaban J connectivity index is 1.93. The summed E-state index contributed by atoms with van der Waals surface area (Å²) in [7, 11) is 0. The van der Waals surface area contributed by atoms with E-state index in [0.717, 1.165) is 25.7 Å². The number of hydrogen-bond donors (Lipinski definition) is 0. The lowest BCUT2D eigenvalue weighted by Gasteiger charge is -2.28. The van der Waals surface area contributed by atoms with Gasteiger partial charge in [-0.15, -0.1) is 0 Å². The van der Waals surface area contributed by atoms with Crippen LogP contribution in [0.25, 0.3) is 0 Å². The van der Waals surface area contributed by atoms with Gasteiger partial charge in [0.2, 0.25) is 0 Å². The Kier molecular flexibility index (Phi) is 5.02. The summed E-state index contributed by atoms with van der Waals surface area (Å²) < 4.78 is 0. The van der Waals surface area contributed by atoms with Crippen LogP contribution >= 0.6 is 0 Å². The molecule has 0 radical (unpaired) electrons. The fraction of sp³-hybridized carbons (Fsp3) is 0.333. The van der Waals surface area contributed by atoms with Gasteiger partial charge in [-0.3, -0.25) is 9.59 Å². The fourth-order valence-electron chi connectivity index (χ4n) is 3.58. The van der Waals surface area contributed by atoms with Crippen LogP contribution in [0.15, 0.2) is 60.7 Å². The SMILES string of the molecule is O=C(c1ccccc1)C(C(=O)c1ccccc1)C1CCCCC1. The molecule has 2 nitrogen and oxygen atoms in total. The van der Waals surface area contributed by atoms with E-state index in [-0.39, 0.29) is 17.5 Å². The minimum absolute atomic E-state index is 0.0219. The lowest BCUT2D eigenvalue weighted by Crippen LogP contribution is -2.33. The zero-order valence-electron chi connectivity index (χ0n) is 13.3. The predicted molar refractivity (Wildman–Crippen MR) is 91.6 cm³/mol. The number of rotatable bonds is 5. The van der Waals surface area contributed by atoms with Crippen LogP contribution < -0.4 is 0 Å². The number of hydrogen-bond acceptors (Lipinski definition) is 2. The van der Waals surface area contributed by atoms with E-state index in [2.05, 4.69) is 0 Å². The van der Waals surface area contributed by atoms with E-state index in [0.29, 0.717) is 11.1 Å². The quantitative estimate of drug-likeness (QED) is 0.578. The van der Waals surface area contributed by atoms with Crippen LogP contribution in [0.4, 0.5) is 0 Å². The molecule has 0 atom stereocenters. The van der Waals surface area contributed by atoms with E-state index in [1.807, 2.05) is 60.7 Å². The molecule has 0 saturated heterocycles. The predicted octanol–water partition coefficient (Wildman–Crippen LogP) is 4.95. The van der Waals surface area contributed by atoms with E-state index in [4.69, 9.17) is 0 Å². The van der Waals surface area contributed by atoms with Gasteiger partial charge in [-0.2, -0.15) is 0 Å². The van der Waals surface area contributed by atoms with Crippen molar-refractivity contribution in [3.63, 3.8) is 0 Å². The number of benzene rings is 2. The number of ketones is 2. The molecule has 118 valence electrons. The Morgan fingerprint density at radius 2 is 1.13 bits per heavy atom. The molecular formula is C21H22O2. The van der Waals surface area contributed by atoms with Crippen LogP contribution in [-0.4, -0.2) is 11.6 Å². The van der Waals surface area contributed by atoms with Gasteiger partial charge < -0.3 is 0 Å². The molecule has 0 spiro atoms. The lowest BCUT2D eigenvalue weighted by atomic mass is 9.73. The Labute approximate surface area is 137 Å². The van der Waals surface area contributed by atoms with Gasteiger partial charge in [0.15, 0.2) is 11.6 Å². The first-order valence-corrected chi connectivity index (χ1v) is 8.46. The molecule has 1 fully saturated rings. The molecule has 1 aliphatic carbocycles. The van der Waals surface area contributed by atoms with Crippen molar-refractivity contribution in [1.82, 2.24) is 0 Å². The highest BCUT2D eigenvalue weighted by Gasteiger charge is 2.36. The van der Waals surface area contributed by atoms with Crippen LogP contribution in [0.5, 0.6) is 0 Å². The van der Waals surface area contributed by atoms with Gasteiger partial charge in [-0.25, -0.2) is 0 Å². The standard InChI is InChI=1S/C21H22O2/c22-20(17-12-6-2-7-13-17)19(16-10-4-1-5-11-16)21(23)18-14-8-3-9-15-18/h2-3,6-9,12-16,19H,1,4-5,10-11H2. The normalized spacial score (nSPS) is 15.5. The molecule has 3 rings (SSSR count). The number of Topliss-reactive ketones (excluding diaryl/α,β-unsaturated/α-hetero) is 2.